The van der Waals surface area contributed by atoms with Crippen molar-refractivity contribution in [2.75, 3.05) is 11.9 Å². The minimum absolute atomic E-state index is 0.0978. The summed E-state index contributed by atoms with van der Waals surface area (Å²) in [4.78, 5) is 30.6. The average molecular weight is 568 g/mol. The van der Waals surface area contributed by atoms with Crippen molar-refractivity contribution in [3.8, 4) is 11.7 Å². The van der Waals surface area contributed by atoms with Crippen LogP contribution in [0.4, 0.5) is 5.82 Å². The van der Waals surface area contributed by atoms with E-state index in [0.717, 1.165) is 5.56 Å². The molecule has 0 fully saturated rings. The molecule has 0 aliphatic rings. The van der Waals surface area contributed by atoms with Gasteiger partial charge in [0, 0.05) is 19.0 Å². The van der Waals surface area contributed by atoms with Crippen LogP contribution in [0.1, 0.15) is 39.2 Å². The SMILES string of the molecule is Cc1ccc(NC(=O)[C@H](CCCO[Si](C)(C)C(C)(C)C)Oc2ncnc3c2cnn3-c2ncccc2Cl)nc1. The van der Waals surface area contributed by atoms with Crippen LogP contribution in [0.3, 0.4) is 0 Å². The molecule has 39 heavy (non-hydrogen) atoms. The monoisotopic (exact) mass is 567 g/mol. The van der Waals surface area contributed by atoms with Crippen molar-refractivity contribution < 1.29 is 14.0 Å². The van der Waals surface area contributed by atoms with Crippen molar-refractivity contribution in [1.29, 1.82) is 0 Å². The highest BCUT2D eigenvalue weighted by molar-refractivity contribution is 6.74. The standard InChI is InChI=1S/C27H34ClN7O3Si/c1-18-11-12-22(30-15-18)34-25(36)21(10-8-14-37-39(5,6)27(2,3)4)38-26-19-16-33-35(23(19)31-17-32-26)24-20(28)9-7-13-29-24/h7,9,11-13,15-17,21H,8,10,14H2,1-6H3,(H,30,34,36)/t21-/m0/s1. The van der Waals surface area contributed by atoms with E-state index in [4.69, 9.17) is 20.8 Å². The highest BCUT2D eigenvalue weighted by atomic mass is 35.5. The van der Waals surface area contributed by atoms with Crippen molar-refractivity contribution in [1.82, 2.24) is 29.7 Å². The largest absolute Gasteiger partial charge is 0.464 e. The summed E-state index contributed by atoms with van der Waals surface area (Å²) >= 11 is 6.33. The highest BCUT2D eigenvalue weighted by Gasteiger charge is 2.37. The molecule has 4 heterocycles. The molecule has 0 aliphatic carbocycles. The molecule has 1 atom stereocenters. The Labute approximate surface area is 234 Å². The Hall–Kier alpha value is -3.41. The zero-order valence-corrected chi connectivity index (χ0v) is 24.9. The second kappa shape index (κ2) is 11.8. The lowest BCUT2D eigenvalue weighted by Crippen LogP contribution is -2.41. The molecule has 12 heteroatoms. The van der Waals surface area contributed by atoms with Crippen LogP contribution >= 0.6 is 11.6 Å². The van der Waals surface area contributed by atoms with Gasteiger partial charge in [0.05, 0.1) is 11.2 Å². The molecule has 0 saturated carbocycles. The fourth-order valence-corrected chi connectivity index (χ4v) is 4.83. The first-order valence-electron chi connectivity index (χ1n) is 12.8. The Morgan fingerprint density at radius 2 is 1.92 bits per heavy atom. The lowest BCUT2D eigenvalue weighted by atomic mass is 10.2. The maximum absolute atomic E-state index is 13.4. The normalized spacial score (nSPS) is 12.9. The summed E-state index contributed by atoms with van der Waals surface area (Å²) in [6.45, 7) is 13.5. The van der Waals surface area contributed by atoms with Gasteiger partial charge in [-0.1, -0.05) is 38.4 Å². The summed E-state index contributed by atoms with van der Waals surface area (Å²) < 4.78 is 14.1. The van der Waals surface area contributed by atoms with E-state index in [-0.39, 0.29) is 16.8 Å². The number of amides is 1. The number of hydrogen-bond donors (Lipinski definition) is 1. The number of rotatable bonds is 10. The van der Waals surface area contributed by atoms with Gasteiger partial charge in [-0.2, -0.15) is 9.78 Å². The molecule has 10 nitrogen and oxygen atoms in total. The fraction of sp³-hybridized carbons (Fsp3) is 0.407. The second-order valence-electron chi connectivity index (χ2n) is 10.8. The van der Waals surface area contributed by atoms with Gasteiger partial charge in [-0.05, 0) is 61.7 Å². The van der Waals surface area contributed by atoms with Crippen molar-refractivity contribution in [3.05, 3.63) is 59.8 Å². The molecule has 0 aliphatic heterocycles. The molecular formula is C27H34ClN7O3Si. The molecule has 206 valence electrons. The van der Waals surface area contributed by atoms with E-state index in [1.54, 1.807) is 36.8 Å². The van der Waals surface area contributed by atoms with Gasteiger partial charge in [-0.3, -0.25) is 4.79 Å². The molecule has 1 amide bonds. The summed E-state index contributed by atoms with van der Waals surface area (Å²) in [5, 5.41) is 8.31. The van der Waals surface area contributed by atoms with Crippen LogP contribution < -0.4 is 10.1 Å². The number of fused-ring (bicyclic) bond motifs is 1. The first-order chi connectivity index (χ1) is 18.5. The summed E-state index contributed by atoms with van der Waals surface area (Å²) in [5.41, 5.74) is 1.46. The topological polar surface area (TPSA) is 117 Å². The third kappa shape index (κ3) is 6.78. The number of aromatic nitrogens is 6. The number of carbonyl (C=O) groups is 1. The summed E-state index contributed by atoms with van der Waals surface area (Å²) in [7, 11) is -1.91. The van der Waals surface area contributed by atoms with Gasteiger partial charge in [-0.15, -0.1) is 0 Å². The van der Waals surface area contributed by atoms with Gasteiger partial charge in [0.15, 0.2) is 25.9 Å². The lowest BCUT2D eigenvalue weighted by Gasteiger charge is -2.36. The van der Waals surface area contributed by atoms with Crippen molar-refractivity contribution in [3.63, 3.8) is 0 Å². The fourth-order valence-electron chi connectivity index (χ4n) is 3.54. The Bertz CT molecular complexity index is 1440. The Morgan fingerprint density at radius 1 is 1.13 bits per heavy atom. The van der Waals surface area contributed by atoms with Crippen LogP contribution in [0.25, 0.3) is 16.9 Å². The molecule has 1 N–H and O–H groups in total. The van der Waals surface area contributed by atoms with Crippen molar-refractivity contribution in [2.24, 2.45) is 0 Å². The molecule has 0 spiro atoms. The number of hydrogen-bond acceptors (Lipinski definition) is 8. The first-order valence-corrected chi connectivity index (χ1v) is 16.1. The van der Waals surface area contributed by atoms with Crippen LogP contribution in [-0.4, -0.2) is 56.7 Å². The zero-order valence-electron chi connectivity index (χ0n) is 23.1. The predicted octanol–water partition coefficient (Wildman–Crippen LogP) is 5.76. The third-order valence-corrected chi connectivity index (χ3v) is 11.7. The second-order valence-corrected chi connectivity index (χ2v) is 16.1. The Kier molecular flexibility index (Phi) is 8.63. The summed E-state index contributed by atoms with van der Waals surface area (Å²) in [6, 6.07) is 7.11. The number of pyridine rings is 2. The van der Waals surface area contributed by atoms with E-state index < -0.39 is 14.4 Å². The Morgan fingerprint density at radius 3 is 2.62 bits per heavy atom. The quantitative estimate of drug-likeness (QED) is 0.190. The third-order valence-electron chi connectivity index (χ3n) is 6.86. The number of aryl methyl sites for hydroxylation is 1. The zero-order chi connectivity index (χ0) is 28.2. The lowest BCUT2D eigenvalue weighted by molar-refractivity contribution is -0.123. The van der Waals surface area contributed by atoms with E-state index in [1.807, 2.05) is 13.0 Å². The number of nitrogens with zero attached hydrogens (tertiary/aromatic N) is 6. The van der Waals surface area contributed by atoms with Crippen LogP contribution in [0, 0.1) is 6.92 Å². The maximum atomic E-state index is 13.4. The molecular weight excluding hydrogens is 534 g/mol. The predicted molar refractivity (Wildman–Crippen MR) is 154 cm³/mol. The Balaban J connectivity index is 1.56. The van der Waals surface area contributed by atoms with Gasteiger partial charge in [0.2, 0.25) is 5.88 Å². The smallest absolute Gasteiger partial charge is 0.266 e. The minimum Gasteiger partial charge on any atom is -0.464 e. The minimum atomic E-state index is -1.91. The highest BCUT2D eigenvalue weighted by Crippen LogP contribution is 2.36. The van der Waals surface area contributed by atoms with E-state index in [2.05, 4.69) is 64.2 Å². The van der Waals surface area contributed by atoms with Crippen molar-refractivity contribution in [2.45, 2.75) is 64.8 Å². The van der Waals surface area contributed by atoms with Gasteiger partial charge in [0.1, 0.15) is 17.5 Å². The number of halogens is 1. The summed E-state index contributed by atoms with van der Waals surface area (Å²) in [5.74, 6) is 0.787. The van der Waals surface area contributed by atoms with Gasteiger partial charge in [-0.25, -0.2) is 19.9 Å². The number of nitrogens with one attached hydrogen (secondary N) is 1. The molecule has 0 aromatic carbocycles. The van der Waals surface area contributed by atoms with E-state index in [0.29, 0.717) is 47.1 Å². The molecule has 4 rings (SSSR count). The van der Waals surface area contributed by atoms with Crippen molar-refractivity contribution >= 4 is 42.7 Å². The van der Waals surface area contributed by atoms with E-state index >= 15 is 0 Å². The molecule has 0 radical (unpaired) electrons. The molecule has 0 unspecified atom stereocenters. The van der Waals surface area contributed by atoms with Crippen LogP contribution in [0.15, 0.2) is 49.2 Å². The van der Waals surface area contributed by atoms with Gasteiger partial charge < -0.3 is 14.5 Å². The maximum Gasteiger partial charge on any atom is 0.266 e. The van der Waals surface area contributed by atoms with E-state index in [1.165, 1.54) is 11.0 Å². The molecule has 4 aromatic rings. The van der Waals surface area contributed by atoms with Crippen LogP contribution in [-0.2, 0) is 9.22 Å². The van der Waals surface area contributed by atoms with E-state index in [9.17, 15) is 4.79 Å². The average Bonchev–Trinajstić information content (AvgIpc) is 3.31. The number of anilines is 1. The van der Waals surface area contributed by atoms with Gasteiger partial charge in [0.25, 0.3) is 5.91 Å². The number of ether oxygens (including phenoxy) is 1. The molecule has 4 aromatic heterocycles. The van der Waals surface area contributed by atoms with Crippen LogP contribution in [0.2, 0.25) is 23.2 Å². The number of carbonyl (C=O) groups excluding carboxylic acids is 1. The molecule has 0 bridgehead atoms. The summed E-state index contributed by atoms with van der Waals surface area (Å²) in [6.07, 6.45) is 6.45. The van der Waals surface area contributed by atoms with Gasteiger partial charge >= 0.3 is 0 Å². The van der Waals surface area contributed by atoms with Crippen LogP contribution in [0.5, 0.6) is 5.88 Å². The first kappa shape index (κ1) is 28.6. The molecule has 0 saturated heterocycles.